The maximum Gasteiger partial charge on any atom is 0.277 e. The molecule has 14 heteroatoms. The van der Waals surface area contributed by atoms with Crippen LogP contribution in [0.25, 0.3) is 0 Å². The van der Waals surface area contributed by atoms with Crippen molar-refractivity contribution in [1.29, 1.82) is 0 Å². The summed E-state index contributed by atoms with van der Waals surface area (Å²) in [5.41, 5.74) is 7.02. The van der Waals surface area contributed by atoms with Crippen LogP contribution in [0.1, 0.15) is 111 Å². The van der Waals surface area contributed by atoms with E-state index < -0.39 is 54.6 Å². The SMILES string of the molecule is CC/C=C\C[C@H](O)[C@H](O)/C=C/C=C/C=C\C=C\[C@@H](O)C/C=C\CCC.CC/C=C\C[C@H](O)[C@H](O)/C=C/C=C/C=C\C=C\[C@@H](O)C/C=C\CCC(=O)[O-].C[C@H]([NH3+])C(=O)NCCCC[C@H]([NH3+])C(=O)[O-]. The fraction of sp³-hybridized carbons (Fsp3) is 0.491. The summed E-state index contributed by atoms with van der Waals surface area (Å²) in [7, 11) is 0. The molecule has 0 aliphatic heterocycles. The number of hydrogen-bond acceptors (Lipinski definition) is 11. The summed E-state index contributed by atoms with van der Waals surface area (Å²) in [6.45, 7) is 8.43. The molecule has 0 saturated heterocycles. The highest BCUT2D eigenvalue weighted by Gasteiger charge is 2.12. The molecule has 0 unspecified atom stereocenters. The number of hydrogen-bond donors (Lipinski definition) is 9. The zero-order chi connectivity index (χ0) is 50.9. The van der Waals surface area contributed by atoms with Crippen LogP contribution in [0.3, 0.4) is 0 Å². The number of quaternary nitrogens is 2. The standard InChI is InChI=1S/C22H32O5.C22H34O3.C9H19N3O3/c1-2-3-9-16-20(24)21(25)17-12-7-5-4-6-10-14-19(23)15-11-8-13-18-22(26)27;1-3-5-7-13-16-20(23)17-14-10-8-9-11-15-19-22(25)21(24)18-12-6-4-2;1-6(10)8(13)12-5-3-2-4-7(11)9(14)15/h3-12,14,17,19-21,23-25H,2,13,15-16,18H2,1H3,(H,26,27);6-15,17,19-25H,3-5,16,18H2,1-2H3;6-7H,2-5,10-11H2,1H3,(H,12,13)(H,14,15)/b6-4-,7-5+,9-3-,11-8-,14-10+,17-12+;10-8-,11-9+,12-6-,13-7-,17-14+,19-15+;/t19-,20+,21-;20-,21-,22+;6-,7-/m100/s1. The van der Waals surface area contributed by atoms with Gasteiger partial charge >= 0.3 is 0 Å². The minimum atomic E-state index is -1.12. The van der Waals surface area contributed by atoms with E-state index in [1.807, 2.05) is 68.5 Å². The number of aliphatic carboxylic acids is 2. The van der Waals surface area contributed by atoms with Crippen LogP contribution in [0.5, 0.6) is 0 Å². The number of aliphatic hydroxyl groups excluding tert-OH is 6. The molecule has 0 bridgehead atoms. The summed E-state index contributed by atoms with van der Waals surface area (Å²) in [5.74, 6) is -2.28. The molecule has 378 valence electrons. The van der Waals surface area contributed by atoms with Crippen molar-refractivity contribution in [3.05, 3.63) is 146 Å². The Morgan fingerprint density at radius 3 is 1.33 bits per heavy atom. The molecule has 0 aliphatic carbocycles. The van der Waals surface area contributed by atoms with Crippen molar-refractivity contribution < 1.29 is 66.7 Å². The molecule has 0 aromatic heterocycles. The quantitative estimate of drug-likeness (QED) is 0.0257. The number of rotatable bonds is 34. The van der Waals surface area contributed by atoms with Crippen LogP contribution in [0.15, 0.2) is 146 Å². The number of aliphatic hydroxyl groups is 6. The van der Waals surface area contributed by atoms with Gasteiger partial charge < -0.3 is 67.2 Å². The van der Waals surface area contributed by atoms with E-state index in [1.54, 1.807) is 85.9 Å². The third-order valence-corrected chi connectivity index (χ3v) is 8.86. The Morgan fingerprint density at radius 1 is 0.537 bits per heavy atom. The summed E-state index contributed by atoms with van der Waals surface area (Å²) < 4.78 is 0. The lowest BCUT2D eigenvalue weighted by Gasteiger charge is -2.11. The Kier molecular flexibility index (Phi) is 48.3. The Morgan fingerprint density at radius 2 is 0.940 bits per heavy atom. The maximum atomic E-state index is 11.1. The molecular formula is C53H85N3O11. The number of allylic oxidation sites excluding steroid dienone is 16. The molecule has 67 heavy (non-hydrogen) atoms. The number of carboxylic acid groups (broad SMARTS) is 2. The number of unbranched alkanes of at least 4 members (excludes halogenated alkanes) is 2. The molecule has 0 fully saturated rings. The van der Waals surface area contributed by atoms with E-state index in [0.717, 1.165) is 32.1 Å². The lowest BCUT2D eigenvalue weighted by atomic mass is 10.1. The molecule has 0 saturated carbocycles. The lowest BCUT2D eigenvalue weighted by Crippen LogP contribution is -2.68. The smallest absolute Gasteiger partial charge is 0.277 e. The van der Waals surface area contributed by atoms with Gasteiger partial charge in [0, 0.05) is 18.9 Å². The summed E-state index contributed by atoms with van der Waals surface area (Å²) in [4.78, 5) is 31.6. The highest BCUT2D eigenvalue weighted by molar-refractivity contribution is 5.79. The molecular weight excluding hydrogens is 855 g/mol. The topological polar surface area (TPSA) is 286 Å². The van der Waals surface area contributed by atoms with E-state index in [4.69, 9.17) is 0 Å². The minimum absolute atomic E-state index is 0.0160. The summed E-state index contributed by atoms with van der Waals surface area (Å²) in [6, 6.07) is -0.915. The molecule has 8 atom stereocenters. The van der Waals surface area contributed by atoms with Gasteiger partial charge in [-0.1, -0.05) is 173 Å². The molecule has 0 aromatic rings. The van der Waals surface area contributed by atoms with Crippen LogP contribution >= 0.6 is 0 Å². The van der Waals surface area contributed by atoms with Crippen molar-refractivity contribution in [2.75, 3.05) is 6.54 Å². The molecule has 0 spiro atoms. The Hall–Kier alpha value is -5.03. The molecule has 1 amide bonds. The fourth-order valence-corrected chi connectivity index (χ4v) is 4.85. The first kappa shape index (κ1) is 66.2. The van der Waals surface area contributed by atoms with Gasteiger partial charge in [-0.25, -0.2) is 0 Å². The number of nitrogens with one attached hydrogen (secondary N) is 1. The molecule has 0 aromatic carbocycles. The molecule has 14 nitrogen and oxygen atoms in total. The summed E-state index contributed by atoms with van der Waals surface area (Å²) in [6.07, 6.45) is 46.7. The third kappa shape index (κ3) is 50.2. The predicted octanol–water partition coefficient (Wildman–Crippen LogP) is 2.79. The normalized spacial score (nSPS) is 16.3. The van der Waals surface area contributed by atoms with Gasteiger partial charge in [0.05, 0.1) is 42.6 Å². The second-order valence-electron chi connectivity index (χ2n) is 15.4. The average molecular weight is 940 g/mol. The van der Waals surface area contributed by atoms with Crippen molar-refractivity contribution >= 4 is 17.8 Å². The second-order valence-corrected chi connectivity index (χ2v) is 15.4. The van der Waals surface area contributed by atoms with E-state index in [9.17, 15) is 55.2 Å². The highest BCUT2D eigenvalue weighted by atomic mass is 16.4. The van der Waals surface area contributed by atoms with E-state index in [2.05, 4.69) is 29.8 Å². The van der Waals surface area contributed by atoms with Crippen molar-refractivity contribution in [3.8, 4) is 0 Å². The fourth-order valence-electron chi connectivity index (χ4n) is 4.85. The molecule has 0 rings (SSSR count). The maximum absolute atomic E-state index is 11.1. The van der Waals surface area contributed by atoms with Crippen LogP contribution in [-0.2, 0) is 14.4 Å². The number of carboxylic acids is 2. The Balaban J connectivity index is -0.000000954. The van der Waals surface area contributed by atoms with Gasteiger partial charge in [0.2, 0.25) is 0 Å². The van der Waals surface area contributed by atoms with Gasteiger partial charge in [0.25, 0.3) is 5.91 Å². The zero-order valence-corrected chi connectivity index (χ0v) is 40.5. The van der Waals surface area contributed by atoms with E-state index in [0.29, 0.717) is 51.5 Å². The number of amides is 1. The van der Waals surface area contributed by atoms with Crippen molar-refractivity contribution in [2.45, 2.75) is 160 Å². The van der Waals surface area contributed by atoms with Crippen molar-refractivity contribution in [3.63, 3.8) is 0 Å². The van der Waals surface area contributed by atoms with Gasteiger partial charge in [-0.3, -0.25) is 4.79 Å². The number of carbonyl (C=O) groups is 3. The largest absolute Gasteiger partial charge is 0.550 e. The van der Waals surface area contributed by atoms with Crippen LogP contribution in [-0.4, -0.2) is 104 Å². The van der Waals surface area contributed by atoms with Gasteiger partial charge in [0.15, 0.2) is 6.04 Å². The first-order valence-electron chi connectivity index (χ1n) is 23.4. The van der Waals surface area contributed by atoms with Gasteiger partial charge in [-0.05, 0) is 77.6 Å². The lowest BCUT2D eigenvalue weighted by molar-refractivity contribution is -0.438. The van der Waals surface area contributed by atoms with Crippen molar-refractivity contribution in [2.24, 2.45) is 0 Å². The summed E-state index contributed by atoms with van der Waals surface area (Å²) >= 11 is 0. The van der Waals surface area contributed by atoms with Crippen LogP contribution < -0.4 is 27.0 Å². The molecule has 0 radical (unpaired) electrons. The second kappa shape index (κ2) is 48.9. The minimum Gasteiger partial charge on any atom is -0.550 e. The first-order chi connectivity index (χ1) is 32.0. The predicted molar refractivity (Wildman–Crippen MR) is 265 cm³/mol. The first-order valence-corrected chi connectivity index (χ1v) is 23.4. The van der Waals surface area contributed by atoms with Crippen LogP contribution in [0.2, 0.25) is 0 Å². The van der Waals surface area contributed by atoms with Gasteiger partial charge in [-0.15, -0.1) is 0 Å². The molecule has 0 aliphatic rings. The van der Waals surface area contributed by atoms with E-state index in [1.165, 1.54) is 6.08 Å². The monoisotopic (exact) mass is 940 g/mol. The molecule has 13 N–H and O–H groups in total. The Bertz CT molecular complexity index is 1610. The van der Waals surface area contributed by atoms with E-state index >= 15 is 0 Å². The van der Waals surface area contributed by atoms with Gasteiger partial charge in [-0.2, -0.15) is 0 Å². The average Bonchev–Trinajstić information content (AvgIpc) is 3.29. The number of carbonyl (C=O) groups excluding carboxylic acids is 3. The highest BCUT2D eigenvalue weighted by Crippen LogP contribution is 2.05. The zero-order valence-electron chi connectivity index (χ0n) is 40.5. The Labute approximate surface area is 401 Å². The van der Waals surface area contributed by atoms with Crippen LogP contribution in [0, 0.1) is 0 Å². The third-order valence-electron chi connectivity index (χ3n) is 8.86. The van der Waals surface area contributed by atoms with Crippen molar-refractivity contribution in [1.82, 2.24) is 5.32 Å². The summed E-state index contributed by atoms with van der Waals surface area (Å²) in [5, 5.41) is 81.6. The van der Waals surface area contributed by atoms with E-state index in [-0.39, 0.29) is 18.4 Å². The molecule has 0 heterocycles. The van der Waals surface area contributed by atoms with Crippen LogP contribution in [0.4, 0.5) is 0 Å². The van der Waals surface area contributed by atoms with Gasteiger partial charge in [0.1, 0.15) is 6.04 Å².